The lowest BCUT2D eigenvalue weighted by atomic mass is 9.96. The van der Waals surface area contributed by atoms with Crippen molar-refractivity contribution in [2.75, 3.05) is 6.61 Å². The molecule has 0 aromatic carbocycles. The summed E-state index contributed by atoms with van der Waals surface area (Å²) in [6.45, 7) is 8.78. The van der Waals surface area contributed by atoms with Crippen LogP contribution in [-0.2, 0) is 5.41 Å². The second-order valence-corrected chi connectivity index (χ2v) is 4.85. The molecule has 0 radical (unpaired) electrons. The fraction of sp³-hybridized carbons (Fsp3) is 0.600. The Kier molecular flexibility index (Phi) is 3.48. The molecule has 0 saturated heterocycles. The monoisotopic (exact) mass is 258 g/mol. The van der Waals surface area contributed by atoms with Crippen molar-refractivity contribution in [2.24, 2.45) is 0 Å². The summed E-state index contributed by atoms with van der Waals surface area (Å²) in [6.07, 6.45) is 0. The van der Waals surface area contributed by atoms with Crippen molar-refractivity contribution >= 4 is 15.9 Å². The molecule has 3 nitrogen and oxygen atoms in total. The molecule has 14 heavy (non-hydrogen) atoms. The van der Waals surface area contributed by atoms with Crippen LogP contribution >= 0.6 is 15.9 Å². The highest BCUT2D eigenvalue weighted by Gasteiger charge is 2.18. The Balaban J connectivity index is 3.07. The molecule has 1 aromatic rings. The first kappa shape index (κ1) is 11.4. The number of aromatic nitrogens is 2. The Hall–Kier alpha value is -0.640. The highest BCUT2D eigenvalue weighted by Crippen LogP contribution is 2.23. The summed E-state index contributed by atoms with van der Waals surface area (Å²) in [5.74, 6) is 1.41. The zero-order valence-electron chi connectivity index (χ0n) is 8.97. The van der Waals surface area contributed by atoms with Gasteiger partial charge in [0, 0.05) is 11.5 Å². The topological polar surface area (TPSA) is 35.0 Å². The maximum atomic E-state index is 5.34. The van der Waals surface area contributed by atoms with Crippen LogP contribution in [0.15, 0.2) is 10.7 Å². The smallest absolute Gasteiger partial charge is 0.217 e. The molecule has 0 bridgehead atoms. The van der Waals surface area contributed by atoms with Gasteiger partial charge in [-0.3, -0.25) is 0 Å². The summed E-state index contributed by atoms with van der Waals surface area (Å²) >= 11 is 3.34. The van der Waals surface area contributed by atoms with Crippen LogP contribution in [0.4, 0.5) is 0 Å². The van der Waals surface area contributed by atoms with Gasteiger partial charge in [-0.05, 0) is 22.9 Å². The molecule has 0 amide bonds. The van der Waals surface area contributed by atoms with Crippen LogP contribution in [0.3, 0.4) is 0 Å². The Morgan fingerprint density at radius 1 is 1.36 bits per heavy atom. The van der Waals surface area contributed by atoms with Gasteiger partial charge in [0.15, 0.2) is 0 Å². The Labute approximate surface area is 93.0 Å². The molecular weight excluding hydrogens is 244 g/mol. The van der Waals surface area contributed by atoms with Crippen molar-refractivity contribution < 1.29 is 4.74 Å². The Morgan fingerprint density at radius 2 is 2.00 bits per heavy atom. The van der Waals surface area contributed by atoms with E-state index in [9.17, 15) is 0 Å². The predicted octanol–water partition coefficient (Wildman–Crippen LogP) is 2.94. The van der Waals surface area contributed by atoms with Gasteiger partial charge in [-0.25, -0.2) is 4.98 Å². The number of hydrogen-bond acceptors (Lipinski definition) is 3. The van der Waals surface area contributed by atoms with Crippen molar-refractivity contribution in [3.8, 4) is 5.88 Å². The normalized spacial score (nSPS) is 11.5. The highest BCUT2D eigenvalue weighted by atomic mass is 79.9. The van der Waals surface area contributed by atoms with Crippen LogP contribution in [-0.4, -0.2) is 16.6 Å². The van der Waals surface area contributed by atoms with Gasteiger partial charge in [-0.15, -0.1) is 0 Å². The van der Waals surface area contributed by atoms with Crippen molar-refractivity contribution in [1.82, 2.24) is 9.97 Å². The van der Waals surface area contributed by atoms with Gasteiger partial charge in [0.2, 0.25) is 5.88 Å². The van der Waals surface area contributed by atoms with Gasteiger partial charge in [0.05, 0.1) is 6.61 Å². The van der Waals surface area contributed by atoms with Crippen LogP contribution in [0.5, 0.6) is 5.88 Å². The maximum absolute atomic E-state index is 5.34. The lowest BCUT2D eigenvalue weighted by Crippen LogP contribution is -2.16. The minimum absolute atomic E-state index is 0.0599. The quantitative estimate of drug-likeness (QED) is 0.766. The first-order valence-electron chi connectivity index (χ1n) is 4.61. The number of ether oxygens (including phenoxy) is 1. The van der Waals surface area contributed by atoms with E-state index in [4.69, 9.17) is 4.74 Å². The third-order valence-electron chi connectivity index (χ3n) is 1.63. The van der Waals surface area contributed by atoms with E-state index in [0.717, 1.165) is 10.4 Å². The van der Waals surface area contributed by atoms with Crippen molar-refractivity contribution in [3.63, 3.8) is 0 Å². The molecule has 0 aliphatic rings. The highest BCUT2D eigenvalue weighted by molar-refractivity contribution is 9.10. The fourth-order valence-corrected chi connectivity index (χ4v) is 1.32. The number of rotatable bonds is 2. The van der Waals surface area contributed by atoms with Crippen LogP contribution in [0, 0.1) is 0 Å². The number of nitrogens with zero attached hydrogens (tertiary/aromatic N) is 2. The van der Waals surface area contributed by atoms with Gasteiger partial charge < -0.3 is 4.74 Å². The van der Waals surface area contributed by atoms with Crippen molar-refractivity contribution in [2.45, 2.75) is 33.1 Å². The van der Waals surface area contributed by atoms with E-state index in [1.165, 1.54) is 0 Å². The average molecular weight is 259 g/mol. The number of halogens is 1. The molecule has 0 unspecified atom stereocenters. The van der Waals surface area contributed by atoms with Gasteiger partial charge in [-0.2, -0.15) is 4.98 Å². The van der Waals surface area contributed by atoms with Gasteiger partial charge in [-0.1, -0.05) is 20.8 Å². The molecule has 1 aromatic heterocycles. The fourth-order valence-electron chi connectivity index (χ4n) is 0.954. The summed E-state index contributed by atoms with van der Waals surface area (Å²) in [5.41, 5.74) is -0.0599. The largest absolute Gasteiger partial charge is 0.478 e. The summed E-state index contributed by atoms with van der Waals surface area (Å²) in [4.78, 5) is 8.64. The summed E-state index contributed by atoms with van der Waals surface area (Å²) in [5, 5.41) is 0. The Bertz CT molecular complexity index is 320. The van der Waals surface area contributed by atoms with Crippen LogP contribution in [0.2, 0.25) is 0 Å². The summed E-state index contributed by atoms with van der Waals surface area (Å²) < 4.78 is 6.11. The third-order valence-corrected chi connectivity index (χ3v) is 2.04. The van der Waals surface area contributed by atoms with Crippen LogP contribution in [0.1, 0.15) is 33.5 Å². The van der Waals surface area contributed by atoms with Gasteiger partial charge >= 0.3 is 0 Å². The van der Waals surface area contributed by atoms with E-state index in [1.54, 1.807) is 6.07 Å². The molecule has 0 aliphatic carbocycles. The molecule has 0 saturated carbocycles. The van der Waals surface area contributed by atoms with E-state index in [2.05, 4.69) is 46.7 Å². The number of hydrogen-bond donors (Lipinski definition) is 0. The average Bonchev–Trinajstić information content (AvgIpc) is 2.02. The molecule has 0 N–H and O–H groups in total. The molecule has 0 spiro atoms. The maximum Gasteiger partial charge on any atom is 0.217 e. The third kappa shape index (κ3) is 2.94. The molecule has 0 fully saturated rings. The first-order chi connectivity index (χ1) is 6.43. The Morgan fingerprint density at radius 3 is 2.50 bits per heavy atom. The summed E-state index contributed by atoms with van der Waals surface area (Å²) in [7, 11) is 0. The van der Waals surface area contributed by atoms with Crippen molar-refractivity contribution in [1.29, 1.82) is 0 Å². The van der Waals surface area contributed by atoms with E-state index in [0.29, 0.717) is 12.5 Å². The standard InChI is InChI=1S/C10H15BrN2O/c1-5-14-8-6-7(11)12-9(13-8)10(2,3)4/h6H,5H2,1-4H3. The lowest BCUT2D eigenvalue weighted by molar-refractivity contribution is 0.321. The molecule has 0 atom stereocenters. The molecule has 4 heteroatoms. The zero-order chi connectivity index (χ0) is 10.8. The molecule has 1 rings (SSSR count). The molecule has 0 aliphatic heterocycles. The van der Waals surface area contributed by atoms with Crippen LogP contribution in [0.25, 0.3) is 0 Å². The summed E-state index contributed by atoms with van der Waals surface area (Å²) in [6, 6.07) is 1.78. The zero-order valence-corrected chi connectivity index (χ0v) is 10.6. The molecule has 1 heterocycles. The SMILES string of the molecule is CCOc1cc(Br)nc(C(C)(C)C)n1. The lowest BCUT2D eigenvalue weighted by Gasteiger charge is -2.17. The van der Waals surface area contributed by atoms with Crippen LogP contribution < -0.4 is 4.74 Å². The second-order valence-electron chi connectivity index (χ2n) is 4.04. The van der Waals surface area contributed by atoms with E-state index in [-0.39, 0.29) is 5.41 Å². The minimum Gasteiger partial charge on any atom is -0.478 e. The predicted molar refractivity (Wildman–Crippen MR) is 59.6 cm³/mol. The molecular formula is C10H15BrN2O. The van der Waals surface area contributed by atoms with E-state index in [1.807, 2.05) is 6.92 Å². The van der Waals surface area contributed by atoms with E-state index < -0.39 is 0 Å². The molecule has 78 valence electrons. The second kappa shape index (κ2) is 4.26. The van der Waals surface area contributed by atoms with Crippen molar-refractivity contribution in [3.05, 3.63) is 16.5 Å². The van der Waals surface area contributed by atoms with Gasteiger partial charge in [0.1, 0.15) is 10.4 Å². The minimum atomic E-state index is -0.0599. The van der Waals surface area contributed by atoms with E-state index >= 15 is 0 Å². The van der Waals surface area contributed by atoms with Gasteiger partial charge in [0.25, 0.3) is 0 Å². The first-order valence-corrected chi connectivity index (χ1v) is 5.40.